The van der Waals surface area contributed by atoms with Gasteiger partial charge in [-0.15, -0.1) is 0 Å². The summed E-state index contributed by atoms with van der Waals surface area (Å²) < 4.78 is 16.0. The molecular formula is C22H30N2O4. The highest BCUT2D eigenvalue weighted by atomic mass is 16.5. The van der Waals surface area contributed by atoms with E-state index in [1.165, 1.54) is 5.56 Å². The molecule has 28 heavy (non-hydrogen) atoms. The highest BCUT2D eigenvalue weighted by molar-refractivity contribution is 5.91. The lowest BCUT2D eigenvalue weighted by atomic mass is 10.2. The van der Waals surface area contributed by atoms with Crippen molar-refractivity contribution in [3.63, 3.8) is 0 Å². The molecule has 1 N–H and O–H groups in total. The van der Waals surface area contributed by atoms with Crippen LogP contribution in [0.3, 0.4) is 0 Å². The number of ether oxygens (including phenoxy) is 3. The zero-order chi connectivity index (χ0) is 20.5. The van der Waals surface area contributed by atoms with E-state index in [0.717, 1.165) is 6.54 Å². The van der Waals surface area contributed by atoms with Crippen molar-refractivity contribution in [2.24, 2.45) is 0 Å². The number of nitrogens with one attached hydrogen (secondary N) is 1. The lowest BCUT2D eigenvalue weighted by Crippen LogP contribution is -2.33. The molecule has 2 aromatic rings. The number of amides is 1. The maximum Gasteiger partial charge on any atom is 0.225 e. The molecule has 0 heterocycles. The molecule has 0 atom stereocenters. The van der Waals surface area contributed by atoms with Crippen molar-refractivity contribution in [2.45, 2.75) is 32.9 Å². The van der Waals surface area contributed by atoms with Gasteiger partial charge in [0, 0.05) is 43.4 Å². The highest BCUT2D eigenvalue weighted by Crippen LogP contribution is 2.39. The number of anilines is 1. The van der Waals surface area contributed by atoms with Crippen LogP contribution in [0.5, 0.6) is 17.2 Å². The van der Waals surface area contributed by atoms with E-state index >= 15 is 0 Å². The first-order valence-corrected chi connectivity index (χ1v) is 9.36. The molecule has 6 heteroatoms. The monoisotopic (exact) mass is 386 g/mol. The Bertz CT molecular complexity index is 737. The maximum absolute atomic E-state index is 12.5. The predicted molar refractivity (Wildman–Crippen MR) is 111 cm³/mol. The lowest BCUT2D eigenvalue weighted by molar-refractivity contribution is -0.116. The van der Waals surface area contributed by atoms with Crippen LogP contribution in [0.1, 0.15) is 25.8 Å². The van der Waals surface area contributed by atoms with Gasteiger partial charge in [-0.3, -0.25) is 9.69 Å². The van der Waals surface area contributed by atoms with Gasteiger partial charge in [-0.1, -0.05) is 30.3 Å². The van der Waals surface area contributed by atoms with E-state index in [9.17, 15) is 4.79 Å². The maximum atomic E-state index is 12.5. The predicted octanol–water partition coefficient (Wildman–Crippen LogP) is 3.95. The van der Waals surface area contributed by atoms with E-state index in [4.69, 9.17) is 14.2 Å². The van der Waals surface area contributed by atoms with Gasteiger partial charge < -0.3 is 19.5 Å². The number of hydrogen-bond acceptors (Lipinski definition) is 5. The van der Waals surface area contributed by atoms with Gasteiger partial charge in [0.25, 0.3) is 0 Å². The topological polar surface area (TPSA) is 60.0 Å². The van der Waals surface area contributed by atoms with Crippen LogP contribution >= 0.6 is 0 Å². The van der Waals surface area contributed by atoms with Crippen molar-refractivity contribution in [1.82, 2.24) is 4.90 Å². The summed E-state index contributed by atoms with van der Waals surface area (Å²) in [6.45, 7) is 5.76. The van der Waals surface area contributed by atoms with Gasteiger partial charge in [-0.25, -0.2) is 0 Å². The normalized spacial score (nSPS) is 10.8. The molecule has 0 aliphatic heterocycles. The van der Waals surface area contributed by atoms with E-state index < -0.39 is 0 Å². The fourth-order valence-corrected chi connectivity index (χ4v) is 2.96. The second-order valence-corrected chi connectivity index (χ2v) is 6.76. The van der Waals surface area contributed by atoms with Crippen molar-refractivity contribution in [3.05, 3.63) is 48.0 Å². The zero-order valence-electron chi connectivity index (χ0n) is 17.3. The summed E-state index contributed by atoms with van der Waals surface area (Å²) >= 11 is 0. The largest absolute Gasteiger partial charge is 0.493 e. The van der Waals surface area contributed by atoms with Crippen LogP contribution < -0.4 is 19.5 Å². The summed E-state index contributed by atoms with van der Waals surface area (Å²) in [7, 11) is 4.64. The van der Waals surface area contributed by atoms with Gasteiger partial charge in [0.15, 0.2) is 11.5 Å². The second kappa shape index (κ2) is 10.6. The third kappa shape index (κ3) is 5.89. The van der Waals surface area contributed by atoms with Gasteiger partial charge >= 0.3 is 0 Å². The first kappa shape index (κ1) is 21.6. The Morgan fingerprint density at radius 3 is 2.11 bits per heavy atom. The van der Waals surface area contributed by atoms with E-state index in [0.29, 0.717) is 41.9 Å². The van der Waals surface area contributed by atoms with Crippen molar-refractivity contribution >= 4 is 11.6 Å². The SMILES string of the molecule is COc1cc(NC(=O)CCN(Cc2ccccc2)C(C)C)cc(OC)c1OC. The Hall–Kier alpha value is -2.73. The Morgan fingerprint density at radius 2 is 1.61 bits per heavy atom. The Labute approximate surface area is 167 Å². The molecule has 6 nitrogen and oxygen atoms in total. The van der Waals surface area contributed by atoms with Crippen molar-refractivity contribution in [2.75, 3.05) is 33.2 Å². The minimum absolute atomic E-state index is 0.0621. The number of benzene rings is 2. The fourth-order valence-electron chi connectivity index (χ4n) is 2.96. The third-order valence-electron chi connectivity index (χ3n) is 4.53. The number of carbonyl (C=O) groups is 1. The molecule has 0 aliphatic rings. The molecule has 0 aromatic heterocycles. The molecule has 0 aliphatic carbocycles. The molecule has 0 radical (unpaired) electrons. The molecule has 0 saturated carbocycles. The van der Waals surface area contributed by atoms with Gasteiger partial charge in [0.05, 0.1) is 21.3 Å². The fraction of sp³-hybridized carbons (Fsp3) is 0.409. The summed E-state index contributed by atoms with van der Waals surface area (Å²) in [6, 6.07) is 14.1. The molecule has 2 rings (SSSR count). The van der Waals surface area contributed by atoms with Crippen LogP contribution in [0, 0.1) is 0 Å². The Kier molecular flexibility index (Phi) is 8.14. The van der Waals surface area contributed by atoms with Crippen molar-refractivity contribution < 1.29 is 19.0 Å². The average Bonchev–Trinajstić information content (AvgIpc) is 2.70. The van der Waals surface area contributed by atoms with E-state index in [1.807, 2.05) is 18.2 Å². The Morgan fingerprint density at radius 1 is 1.00 bits per heavy atom. The van der Waals surface area contributed by atoms with Gasteiger partial charge in [0.2, 0.25) is 11.7 Å². The minimum atomic E-state index is -0.0621. The van der Waals surface area contributed by atoms with Crippen molar-refractivity contribution in [1.29, 1.82) is 0 Å². The minimum Gasteiger partial charge on any atom is -0.493 e. The molecule has 0 spiro atoms. The number of hydrogen-bond donors (Lipinski definition) is 1. The average molecular weight is 386 g/mol. The summed E-state index contributed by atoms with van der Waals surface area (Å²) in [4.78, 5) is 14.8. The van der Waals surface area contributed by atoms with Gasteiger partial charge in [-0.05, 0) is 19.4 Å². The molecular weight excluding hydrogens is 356 g/mol. The molecule has 0 fully saturated rings. The van der Waals surface area contributed by atoms with Crippen molar-refractivity contribution in [3.8, 4) is 17.2 Å². The van der Waals surface area contributed by atoms with Crippen LogP contribution in [-0.4, -0.2) is 44.7 Å². The van der Waals surface area contributed by atoms with Crippen LogP contribution in [-0.2, 0) is 11.3 Å². The number of carbonyl (C=O) groups excluding carboxylic acids is 1. The molecule has 0 saturated heterocycles. The third-order valence-corrected chi connectivity index (χ3v) is 4.53. The van der Waals surface area contributed by atoms with E-state index in [-0.39, 0.29) is 5.91 Å². The summed E-state index contributed by atoms with van der Waals surface area (Å²) in [5, 5.41) is 2.92. The summed E-state index contributed by atoms with van der Waals surface area (Å²) in [5.41, 5.74) is 1.85. The smallest absolute Gasteiger partial charge is 0.225 e. The molecule has 0 bridgehead atoms. The number of rotatable bonds is 10. The van der Waals surface area contributed by atoms with Gasteiger partial charge in [-0.2, -0.15) is 0 Å². The van der Waals surface area contributed by atoms with Crippen LogP contribution in [0.15, 0.2) is 42.5 Å². The lowest BCUT2D eigenvalue weighted by Gasteiger charge is -2.26. The summed E-state index contributed by atoms with van der Waals surface area (Å²) in [5.74, 6) is 1.44. The number of methoxy groups -OCH3 is 3. The molecule has 2 aromatic carbocycles. The summed E-state index contributed by atoms with van der Waals surface area (Å²) in [6.07, 6.45) is 0.391. The first-order valence-electron chi connectivity index (χ1n) is 9.36. The quantitative estimate of drug-likeness (QED) is 0.670. The Balaban J connectivity index is 2.00. The zero-order valence-corrected chi connectivity index (χ0v) is 17.3. The molecule has 1 amide bonds. The highest BCUT2D eigenvalue weighted by Gasteiger charge is 2.16. The van der Waals surface area contributed by atoms with E-state index in [1.54, 1.807) is 33.5 Å². The number of nitrogens with zero attached hydrogens (tertiary/aromatic N) is 1. The van der Waals surface area contributed by atoms with Gasteiger partial charge in [0.1, 0.15) is 0 Å². The molecule has 0 unspecified atom stereocenters. The molecule has 152 valence electrons. The first-order chi connectivity index (χ1) is 13.5. The van der Waals surface area contributed by atoms with Crippen LogP contribution in [0.4, 0.5) is 5.69 Å². The standard InChI is InChI=1S/C22H30N2O4/c1-16(2)24(15-17-9-7-6-8-10-17)12-11-21(25)23-18-13-19(26-3)22(28-5)20(14-18)27-4/h6-10,13-14,16H,11-12,15H2,1-5H3,(H,23,25). The van der Waals surface area contributed by atoms with Crippen LogP contribution in [0.25, 0.3) is 0 Å². The van der Waals surface area contributed by atoms with Crippen LogP contribution in [0.2, 0.25) is 0 Å². The van der Waals surface area contributed by atoms with E-state index in [2.05, 4.69) is 36.2 Å². The second-order valence-electron chi connectivity index (χ2n) is 6.76.